The number of esters is 1. The second-order valence-corrected chi connectivity index (χ2v) is 4.18. The molecule has 0 unspecified atom stereocenters. The van der Waals surface area contributed by atoms with Gasteiger partial charge in [-0.15, -0.1) is 0 Å². The Morgan fingerprint density at radius 2 is 1.41 bits per heavy atom. The van der Waals surface area contributed by atoms with Crippen molar-refractivity contribution in [1.82, 2.24) is 0 Å². The second kappa shape index (κ2) is 6.78. The number of hydrogen-bond donors (Lipinski definition) is 0. The largest absolute Gasteiger partial charge is 0.463 e. The molecule has 0 rings (SSSR count). The molecule has 22 heavy (non-hydrogen) atoms. The molecule has 0 aromatic heterocycles. The van der Waals surface area contributed by atoms with Gasteiger partial charge in [-0.05, 0) is 12.8 Å². The Balaban J connectivity index is 4.72. The van der Waals surface area contributed by atoms with E-state index in [0.717, 1.165) is 6.08 Å². The molecule has 11 heteroatoms. The summed E-state index contributed by atoms with van der Waals surface area (Å²) in [5.41, 5.74) is 0. The maximum atomic E-state index is 13.0. The number of halogens is 9. The van der Waals surface area contributed by atoms with Crippen LogP contribution in [0.1, 0.15) is 19.3 Å². The van der Waals surface area contributed by atoms with E-state index < -0.39 is 55.8 Å². The standard InChI is InChI=1S/C11H11F9O2/c1-2-7(21)22-6-4-3-5-8(12,13)9(14,15)10(16,17)11(18,19)20/h2H,1,3-6H2. The van der Waals surface area contributed by atoms with E-state index in [1.165, 1.54) is 0 Å². The van der Waals surface area contributed by atoms with Gasteiger partial charge in [-0.2, -0.15) is 39.5 Å². The number of carbonyl (C=O) groups is 1. The zero-order chi connectivity index (χ0) is 17.8. The third kappa shape index (κ3) is 4.29. The normalized spacial score (nSPS) is 13.9. The number of unbranched alkanes of at least 4 members (excludes halogenated alkanes) is 1. The summed E-state index contributed by atoms with van der Waals surface area (Å²) in [6.07, 6.45) is -9.31. The van der Waals surface area contributed by atoms with E-state index in [0.29, 0.717) is 0 Å². The van der Waals surface area contributed by atoms with Crippen LogP contribution in [-0.4, -0.2) is 36.5 Å². The summed E-state index contributed by atoms with van der Waals surface area (Å²) in [6, 6.07) is 0. The Morgan fingerprint density at radius 1 is 0.909 bits per heavy atom. The van der Waals surface area contributed by atoms with Crippen molar-refractivity contribution < 1.29 is 49.0 Å². The summed E-state index contributed by atoms with van der Waals surface area (Å²) in [5, 5.41) is 0. The van der Waals surface area contributed by atoms with Gasteiger partial charge in [0.05, 0.1) is 6.61 Å². The fourth-order valence-electron chi connectivity index (χ4n) is 1.25. The Hall–Kier alpha value is -1.42. The molecule has 0 aliphatic heterocycles. The van der Waals surface area contributed by atoms with Gasteiger partial charge >= 0.3 is 29.9 Å². The average Bonchev–Trinajstić information content (AvgIpc) is 2.36. The summed E-state index contributed by atoms with van der Waals surface area (Å²) in [4.78, 5) is 10.5. The predicted molar refractivity (Wildman–Crippen MR) is 55.9 cm³/mol. The highest BCUT2D eigenvalue weighted by atomic mass is 19.4. The molecule has 0 aliphatic carbocycles. The van der Waals surface area contributed by atoms with E-state index in [1.807, 2.05) is 0 Å². The third-order valence-electron chi connectivity index (χ3n) is 2.51. The van der Waals surface area contributed by atoms with Gasteiger partial charge in [0.1, 0.15) is 0 Å². The smallest absolute Gasteiger partial charge is 0.460 e. The highest BCUT2D eigenvalue weighted by molar-refractivity contribution is 5.81. The van der Waals surface area contributed by atoms with Crippen molar-refractivity contribution >= 4 is 5.97 Å². The van der Waals surface area contributed by atoms with Crippen molar-refractivity contribution in [2.24, 2.45) is 0 Å². The lowest BCUT2D eigenvalue weighted by atomic mass is 9.99. The fourth-order valence-corrected chi connectivity index (χ4v) is 1.25. The first kappa shape index (κ1) is 20.6. The summed E-state index contributed by atoms with van der Waals surface area (Å²) >= 11 is 0. The molecule has 0 radical (unpaired) electrons. The molecule has 0 saturated heterocycles. The molecule has 2 nitrogen and oxygen atoms in total. The van der Waals surface area contributed by atoms with Crippen molar-refractivity contribution in [3.63, 3.8) is 0 Å². The number of alkyl halides is 9. The van der Waals surface area contributed by atoms with Gasteiger partial charge in [-0.25, -0.2) is 4.79 Å². The van der Waals surface area contributed by atoms with Crippen molar-refractivity contribution in [3.8, 4) is 0 Å². The third-order valence-corrected chi connectivity index (χ3v) is 2.51. The Morgan fingerprint density at radius 3 is 1.82 bits per heavy atom. The molecule has 0 aliphatic rings. The molecule has 0 amide bonds. The van der Waals surface area contributed by atoms with Gasteiger partial charge in [0.2, 0.25) is 0 Å². The van der Waals surface area contributed by atoms with Gasteiger partial charge in [0, 0.05) is 12.5 Å². The first-order valence-corrected chi connectivity index (χ1v) is 5.70. The highest BCUT2D eigenvalue weighted by Crippen LogP contribution is 2.54. The molecule has 0 atom stereocenters. The Kier molecular flexibility index (Phi) is 6.34. The molecule has 0 saturated carbocycles. The van der Waals surface area contributed by atoms with Crippen molar-refractivity contribution in [2.75, 3.05) is 6.61 Å². The summed E-state index contributed by atoms with van der Waals surface area (Å²) in [5.74, 6) is -20.0. The number of rotatable bonds is 8. The van der Waals surface area contributed by atoms with Crippen LogP contribution in [0.5, 0.6) is 0 Å². The summed E-state index contributed by atoms with van der Waals surface area (Å²) in [6.45, 7) is 2.50. The van der Waals surface area contributed by atoms with Crippen LogP contribution in [0.15, 0.2) is 12.7 Å². The fraction of sp³-hybridized carbons (Fsp3) is 0.727. The number of carbonyl (C=O) groups excluding carboxylic acids is 1. The SMILES string of the molecule is C=CC(=O)OCCCCC(F)(F)C(F)(F)C(F)(F)C(F)(F)F. The summed E-state index contributed by atoms with van der Waals surface area (Å²) in [7, 11) is 0. The minimum absolute atomic E-state index is 0.428. The molecule has 0 aromatic rings. The second-order valence-electron chi connectivity index (χ2n) is 4.18. The number of hydrogen-bond acceptors (Lipinski definition) is 2. The maximum absolute atomic E-state index is 13.0. The first-order chi connectivity index (χ1) is 9.70. The zero-order valence-electron chi connectivity index (χ0n) is 10.8. The van der Waals surface area contributed by atoms with Crippen molar-refractivity contribution in [3.05, 3.63) is 12.7 Å². The molecule has 0 fully saturated rings. The van der Waals surface area contributed by atoms with Gasteiger partial charge in [-0.1, -0.05) is 6.58 Å². The maximum Gasteiger partial charge on any atom is 0.460 e. The predicted octanol–water partition coefficient (Wildman–Crippen LogP) is 4.35. The zero-order valence-corrected chi connectivity index (χ0v) is 10.8. The highest BCUT2D eigenvalue weighted by Gasteiger charge is 2.81. The van der Waals surface area contributed by atoms with E-state index in [2.05, 4.69) is 11.3 Å². The van der Waals surface area contributed by atoms with Crippen LogP contribution in [-0.2, 0) is 9.53 Å². The van der Waals surface area contributed by atoms with Crippen LogP contribution in [0.2, 0.25) is 0 Å². The van der Waals surface area contributed by atoms with Gasteiger partial charge in [-0.3, -0.25) is 0 Å². The van der Waals surface area contributed by atoms with Crippen LogP contribution >= 0.6 is 0 Å². The van der Waals surface area contributed by atoms with E-state index in [-0.39, 0.29) is 0 Å². The van der Waals surface area contributed by atoms with E-state index in [1.54, 1.807) is 0 Å². The first-order valence-electron chi connectivity index (χ1n) is 5.70. The molecular weight excluding hydrogens is 335 g/mol. The molecular formula is C11H11F9O2. The van der Waals surface area contributed by atoms with Gasteiger partial charge in [0.25, 0.3) is 0 Å². The quantitative estimate of drug-likeness (QED) is 0.283. The Labute approximate surface area is 118 Å². The lowest BCUT2D eigenvalue weighted by molar-refractivity contribution is -0.396. The lowest BCUT2D eigenvalue weighted by Crippen LogP contribution is -2.60. The Bertz CT molecular complexity index is 401. The molecule has 0 aromatic carbocycles. The monoisotopic (exact) mass is 346 g/mol. The van der Waals surface area contributed by atoms with Crippen LogP contribution < -0.4 is 0 Å². The van der Waals surface area contributed by atoms with Crippen LogP contribution in [0.25, 0.3) is 0 Å². The van der Waals surface area contributed by atoms with Crippen LogP contribution in [0, 0.1) is 0 Å². The van der Waals surface area contributed by atoms with Crippen LogP contribution in [0.4, 0.5) is 39.5 Å². The molecule has 130 valence electrons. The topological polar surface area (TPSA) is 26.3 Å². The van der Waals surface area contributed by atoms with Gasteiger partial charge in [0.15, 0.2) is 0 Å². The van der Waals surface area contributed by atoms with Gasteiger partial charge < -0.3 is 4.74 Å². The molecule has 0 spiro atoms. The minimum atomic E-state index is -6.88. The number of ether oxygens (including phenoxy) is 1. The summed E-state index contributed by atoms with van der Waals surface area (Å²) < 4.78 is 116. The van der Waals surface area contributed by atoms with E-state index in [9.17, 15) is 44.3 Å². The lowest BCUT2D eigenvalue weighted by Gasteiger charge is -2.33. The molecule has 0 N–H and O–H groups in total. The average molecular weight is 346 g/mol. The van der Waals surface area contributed by atoms with Crippen LogP contribution in [0.3, 0.4) is 0 Å². The molecule has 0 bridgehead atoms. The van der Waals surface area contributed by atoms with E-state index >= 15 is 0 Å². The minimum Gasteiger partial charge on any atom is -0.463 e. The van der Waals surface area contributed by atoms with Crippen molar-refractivity contribution in [2.45, 2.75) is 43.2 Å². The molecule has 0 heterocycles. The van der Waals surface area contributed by atoms with E-state index in [4.69, 9.17) is 0 Å². The van der Waals surface area contributed by atoms with Crippen molar-refractivity contribution in [1.29, 1.82) is 0 Å².